The molecule has 0 unspecified atom stereocenters. The van der Waals surface area contributed by atoms with E-state index in [9.17, 15) is 14.4 Å². The number of benzene rings is 1. The Balaban J connectivity index is 1.91. The third kappa shape index (κ3) is 3.45. The fourth-order valence-electron chi connectivity index (χ4n) is 3.09. The molecule has 1 aromatic heterocycles. The van der Waals surface area contributed by atoms with Crippen molar-refractivity contribution in [1.29, 1.82) is 0 Å². The second kappa shape index (κ2) is 7.65. The number of likely N-dealkylation sites (tertiary alicyclic amines) is 1. The largest absolute Gasteiger partial charge is 0.448 e. The summed E-state index contributed by atoms with van der Waals surface area (Å²) in [5.74, 6) is -1.00. The quantitative estimate of drug-likeness (QED) is 0.783. The number of nitrogens with zero attached hydrogens (tertiary/aromatic N) is 3. The molecule has 8 heteroatoms. The number of esters is 1. The molecule has 2 aromatic rings. The maximum atomic E-state index is 12.6. The molecule has 0 spiro atoms. The van der Waals surface area contributed by atoms with Crippen LogP contribution in [0.3, 0.4) is 0 Å². The van der Waals surface area contributed by atoms with Crippen LogP contribution < -0.4 is 5.56 Å². The van der Waals surface area contributed by atoms with Gasteiger partial charge >= 0.3 is 5.97 Å². The molecule has 8 nitrogen and oxygen atoms in total. The van der Waals surface area contributed by atoms with Crippen LogP contribution in [0.1, 0.15) is 30.3 Å². The van der Waals surface area contributed by atoms with E-state index in [1.165, 1.54) is 6.92 Å². The number of aliphatic hydroxyl groups is 1. The maximum Gasteiger partial charge on any atom is 0.360 e. The second-order valence-electron chi connectivity index (χ2n) is 6.23. The van der Waals surface area contributed by atoms with Crippen molar-refractivity contribution in [2.24, 2.45) is 0 Å². The summed E-state index contributed by atoms with van der Waals surface area (Å²) < 4.78 is 6.35. The van der Waals surface area contributed by atoms with Crippen molar-refractivity contribution in [3.05, 3.63) is 40.3 Å². The molecular weight excluding hydrogens is 338 g/mol. The summed E-state index contributed by atoms with van der Waals surface area (Å²) in [4.78, 5) is 39.0. The number of amides is 1. The van der Waals surface area contributed by atoms with Crippen LogP contribution in [0.5, 0.6) is 0 Å². The van der Waals surface area contributed by atoms with Gasteiger partial charge in [-0.1, -0.05) is 18.2 Å². The minimum absolute atomic E-state index is 0.0355. The normalized spacial score (nSPS) is 15.2. The van der Waals surface area contributed by atoms with Crippen LogP contribution in [0.25, 0.3) is 10.8 Å². The van der Waals surface area contributed by atoms with E-state index in [1.54, 1.807) is 29.2 Å². The highest BCUT2D eigenvalue weighted by Crippen LogP contribution is 2.16. The van der Waals surface area contributed by atoms with Crippen LogP contribution in [-0.2, 0) is 16.1 Å². The lowest BCUT2D eigenvalue weighted by Gasteiger charge is -2.20. The molecule has 0 aliphatic carbocycles. The minimum atomic E-state index is -0.931. The Bertz CT molecular complexity index is 886. The Morgan fingerprint density at radius 2 is 1.88 bits per heavy atom. The van der Waals surface area contributed by atoms with E-state index < -0.39 is 17.6 Å². The number of fused-ring (bicyclic) bond motifs is 1. The number of hydrogen-bond acceptors (Lipinski definition) is 6. The van der Waals surface area contributed by atoms with E-state index in [-0.39, 0.29) is 24.8 Å². The smallest absolute Gasteiger partial charge is 0.360 e. The third-order valence-electron chi connectivity index (χ3n) is 4.42. The van der Waals surface area contributed by atoms with Gasteiger partial charge in [0.1, 0.15) is 0 Å². The first-order valence-electron chi connectivity index (χ1n) is 8.63. The summed E-state index contributed by atoms with van der Waals surface area (Å²) in [6.07, 6.45) is 0.967. The summed E-state index contributed by atoms with van der Waals surface area (Å²) in [6, 6.07) is 6.57. The summed E-state index contributed by atoms with van der Waals surface area (Å²) in [5.41, 5.74) is -0.442. The topological polar surface area (TPSA) is 102 Å². The summed E-state index contributed by atoms with van der Waals surface area (Å²) in [5, 5.41) is 13.8. The molecule has 1 aliphatic heterocycles. The molecule has 3 rings (SSSR count). The number of rotatable bonds is 5. The number of hydrogen-bond donors (Lipinski definition) is 1. The van der Waals surface area contributed by atoms with Crippen molar-refractivity contribution in [3.8, 4) is 0 Å². The van der Waals surface area contributed by atoms with E-state index in [0.29, 0.717) is 23.9 Å². The van der Waals surface area contributed by atoms with Gasteiger partial charge in [-0.2, -0.15) is 5.10 Å². The number of aromatic nitrogens is 2. The maximum absolute atomic E-state index is 12.6. The Morgan fingerprint density at radius 1 is 1.23 bits per heavy atom. The number of aliphatic hydroxyl groups excluding tert-OH is 1. The van der Waals surface area contributed by atoms with Gasteiger partial charge in [0.2, 0.25) is 0 Å². The summed E-state index contributed by atoms with van der Waals surface area (Å²) >= 11 is 0. The van der Waals surface area contributed by atoms with Gasteiger partial charge in [0.15, 0.2) is 11.8 Å². The van der Waals surface area contributed by atoms with Crippen LogP contribution in [0.15, 0.2) is 29.1 Å². The molecule has 0 radical (unpaired) electrons. The fourth-order valence-corrected chi connectivity index (χ4v) is 3.09. The molecule has 0 saturated carbocycles. The molecule has 1 atom stereocenters. The van der Waals surface area contributed by atoms with Crippen LogP contribution in [0.4, 0.5) is 0 Å². The number of carbonyl (C=O) groups is 2. The monoisotopic (exact) mass is 359 g/mol. The lowest BCUT2D eigenvalue weighted by atomic mass is 10.1. The molecule has 1 aliphatic rings. The minimum Gasteiger partial charge on any atom is -0.448 e. The zero-order valence-electron chi connectivity index (χ0n) is 14.6. The van der Waals surface area contributed by atoms with Crippen molar-refractivity contribution < 1.29 is 19.4 Å². The molecule has 138 valence electrons. The highest BCUT2D eigenvalue weighted by molar-refractivity contribution is 6.02. The van der Waals surface area contributed by atoms with E-state index in [4.69, 9.17) is 9.84 Å². The Kier molecular flexibility index (Phi) is 5.32. The van der Waals surface area contributed by atoms with E-state index in [2.05, 4.69) is 5.10 Å². The van der Waals surface area contributed by atoms with Gasteiger partial charge in [0.25, 0.3) is 11.5 Å². The van der Waals surface area contributed by atoms with Gasteiger partial charge in [0, 0.05) is 18.5 Å². The fraction of sp³-hybridized carbons (Fsp3) is 0.444. The highest BCUT2D eigenvalue weighted by Gasteiger charge is 2.28. The van der Waals surface area contributed by atoms with Gasteiger partial charge in [0.05, 0.1) is 18.5 Å². The molecule has 0 bridgehead atoms. The Morgan fingerprint density at radius 3 is 2.54 bits per heavy atom. The second-order valence-corrected chi connectivity index (χ2v) is 6.23. The van der Waals surface area contributed by atoms with Crippen molar-refractivity contribution in [2.75, 3.05) is 19.7 Å². The molecule has 1 saturated heterocycles. The molecule has 1 N–H and O–H groups in total. The molecule has 1 fully saturated rings. The molecular formula is C18H21N3O5. The van der Waals surface area contributed by atoms with Crippen molar-refractivity contribution in [2.45, 2.75) is 32.4 Å². The lowest BCUT2D eigenvalue weighted by Crippen LogP contribution is -2.38. The summed E-state index contributed by atoms with van der Waals surface area (Å²) in [7, 11) is 0. The first kappa shape index (κ1) is 18.1. The van der Waals surface area contributed by atoms with Gasteiger partial charge in [-0.3, -0.25) is 9.59 Å². The average molecular weight is 359 g/mol. The zero-order chi connectivity index (χ0) is 18.7. The number of ether oxygens (including phenoxy) is 1. The van der Waals surface area contributed by atoms with Crippen LogP contribution in [0, 0.1) is 0 Å². The highest BCUT2D eigenvalue weighted by atomic mass is 16.5. The van der Waals surface area contributed by atoms with Crippen LogP contribution in [-0.4, -0.2) is 57.5 Å². The number of carbonyl (C=O) groups excluding carboxylic acids is 2. The SMILES string of the molecule is C[C@H](OC(=O)c1nn(CCO)c(=O)c2ccccc12)C(=O)N1CCCC1. The Hall–Kier alpha value is -2.74. The van der Waals surface area contributed by atoms with Gasteiger partial charge < -0.3 is 14.7 Å². The third-order valence-corrected chi connectivity index (χ3v) is 4.42. The van der Waals surface area contributed by atoms with Crippen LogP contribution in [0.2, 0.25) is 0 Å². The standard InChI is InChI=1S/C18H21N3O5/c1-12(16(23)20-8-4-5-9-20)26-18(25)15-13-6-2-3-7-14(13)17(24)21(19-15)10-11-22/h2-3,6-7,12,22H,4-5,8-11H2,1H3/t12-/m0/s1. The van der Waals surface area contributed by atoms with E-state index >= 15 is 0 Å². The van der Waals surface area contributed by atoms with Gasteiger partial charge in [-0.15, -0.1) is 0 Å². The van der Waals surface area contributed by atoms with Crippen molar-refractivity contribution in [1.82, 2.24) is 14.7 Å². The van der Waals surface area contributed by atoms with Gasteiger partial charge in [-0.25, -0.2) is 9.48 Å². The Labute approximate surface area is 150 Å². The molecule has 1 aromatic carbocycles. The molecule has 2 heterocycles. The van der Waals surface area contributed by atoms with Crippen molar-refractivity contribution >= 4 is 22.6 Å². The van der Waals surface area contributed by atoms with E-state index in [0.717, 1.165) is 17.5 Å². The predicted molar refractivity (Wildman–Crippen MR) is 93.8 cm³/mol. The van der Waals surface area contributed by atoms with Crippen molar-refractivity contribution in [3.63, 3.8) is 0 Å². The van der Waals surface area contributed by atoms with E-state index in [1.807, 2.05) is 0 Å². The summed E-state index contributed by atoms with van der Waals surface area (Å²) in [6.45, 7) is 2.55. The first-order valence-corrected chi connectivity index (χ1v) is 8.63. The lowest BCUT2D eigenvalue weighted by molar-refractivity contribution is -0.138. The molecule has 1 amide bonds. The first-order chi connectivity index (χ1) is 12.5. The average Bonchev–Trinajstić information content (AvgIpc) is 3.18. The van der Waals surface area contributed by atoms with Gasteiger partial charge in [-0.05, 0) is 25.8 Å². The van der Waals surface area contributed by atoms with Crippen LogP contribution >= 0.6 is 0 Å². The zero-order valence-corrected chi connectivity index (χ0v) is 14.6. The predicted octanol–water partition coefficient (Wildman–Crippen LogP) is 0.556. The molecule has 26 heavy (non-hydrogen) atoms.